The molecule has 12 heteroatoms. The second kappa shape index (κ2) is 12.8. The predicted molar refractivity (Wildman–Crippen MR) is 146 cm³/mol. The third kappa shape index (κ3) is 6.06. The van der Waals surface area contributed by atoms with E-state index in [1.54, 1.807) is 36.4 Å². The summed E-state index contributed by atoms with van der Waals surface area (Å²) < 4.78 is 16.0. The van der Waals surface area contributed by atoms with Crippen LogP contribution in [0.1, 0.15) is 21.8 Å². The molecular formula is C28H23N5O6S. The lowest BCUT2D eigenvalue weighted by molar-refractivity contribution is 0.0536. The minimum absolute atomic E-state index is 0.0216. The number of aliphatic hydroxyl groups is 2. The van der Waals surface area contributed by atoms with E-state index in [1.165, 1.54) is 7.11 Å². The molecule has 0 fully saturated rings. The lowest BCUT2D eigenvalue weighted by Crippen LogP contribution is -2.21. The number of rotatable bonds is 10. The number of hydrogen-bond acceptors (Lipinski definition) is 11. The molecule has 4 N–H and O–H groups in total. The Morgan fingerprint density at radius 3 is 2.55 bits per heavy atom. The molecule has 0 spiro atoms. The summed E-state index contributed by atoms with van der Waals surface area (Å²) in [5.74, 6) is -0.0695. The average molecular weight is 558 g/mol. The van der Waals surface area contributed by atoms with Crippen molar-refractivity contribution in [3.8, 4) is 34.4 Å². The van der Waals surface area contributed by atoms with Crippen LogP contribution in [0.25, 0.3) is 27.4 Å². The van der Waals surface area contributed by atoms with E-state index in [0.29, 0.717) is 28.1 Å². The number of anilines is 1. The van der Waals surface area contributed by atoms with Crippen LogP contribution in [-0.2, 0) is 10.5 Å². The van der Waals surface area contributed by atoms with Gasteiger partial charge in [-0.15, -0.1) is 0 Å². The first-order valence-electron chi connectivity index (χ1n) is 11.8. The number of carbonyl (C=O) groups excluding carboxylic acids is 1. The molecule has 4 aromatic rings. The van der Waals surface area contributed by atoms with Crippen LogP contribution in [0.2, 0.25) is 0 Å². The number of thioether (sulfide) groups is 1. The van der Waals surface area contributed by atoms with Crippen LogP contribution in [0, 0.1) is 17.9 Å². The Balaban J connectivity index is 1.69. The highest BCUT2D eigenvalue weighted by Crippen LogP contribution is 2.42. The molecule has 0 radical (unpaired) electrons. The Morgan fingerprint density at radius 1 is 1.20 bits per heavy atom. The normalized spacial score (nSPS) is 11.3. The standard InChI is InChI=1S/C28H23N5O6S/c1-31-23-22(16-8-10-19(11-9-16)38-14-18(35)13-34)20(12-29)27(33-25(23)30)40-15-21-24(28(36)37-2)39-26(32-21)17-6-4-3-5-7-17/h3-11,18,34-35H,13-15H2,2H3,(H2,30,33)/t18-/m0/s1. The van der Waals surface area contributed by atoms with Crippen LogP contribution in [-0.4, -0.2) is 52.6 Å². The Hall–Kier alpha value is -4.88. The maximum Gasteiger partial charge on any atom is 0.376 e. The molecule has 4 rings (SSSR count). The molecule has 0 unspecified atom stereocenters. The smallest absolute Gasteiger partial charge is 0.376 e. The molecule has 2 heterocycles. The Bertz CT molecular complexity index is 1590. The minimum atomic E-state index is -1.02. The van der Waals surface area contributed by atoms with Crippen LogP contribution < -0.4 is 10.5 Å². The number of nitrogen functional groups attached to an aromatic ring is 1. The largest absolute Gasteiger partial charge is 0.491 e. The zero-order valence-electron chi connectivity index (χ0n) is 21.2. The summed E-state index contributed by atoms with van der Waals surface area (Å²) in [7, 11) is 1.24. The van der Waals surface area contributed by atoms with Crippen molar-refractivity contribution in [1.82, 2.24) is 9.97 Å². The van der Waals surface area contributed by atoms with E-state index in [2.05, 4.69) is 20.9 Å². The number of esters is 1. The molecule has 202 valence electrons. The first kappa shape index (κ1) is 28.1. The van der Waals surface area contributed by atoms with E-state index >= 15 is 0 Å². The fourth-order valence-corrected chi connectivity index (χ4v) is 4.60. The first-order valence-corrected chi connectivity index (χ1v) is 12.8. The highest BCUT2D eigenvalue weighted by molar-refractivity contribution is 7.98. The fraction of sp³-hybridized carbons (Fsp3) is 0.179. The second-order valence-corrected chi connectivity index (χ2v) is 9.20. The quantitative estimate of drug-likeness (QED) is 0.145. The molecule has 0 saturated carbocycles. The van der Waals surface area contributed by atoms with E-state index in [1.807, 2.05) is 18.2 Å². The molecule has 40 heavy (non-hydrogen) atoms. The first-order chi connectivity index (χ1) is 19.4. The number of nitriles is 1. The summed E-state index contributed by atoms with van der Waals surface area (Å²) in [5, 5.41) is 28.8. The Labute approximate surface area is 233 Å². The molecule has 0 bridgehead atoms. The summed E-state index contributed by atoms with van der Waals surface area (Å²) in [6.45, 7) is 7.12. The van der Waals surface area contributed by atoms with Gasteiger partial charge in [-0.3, -0.25) is 0 Å². The molecule has 2 aromatic heterocycles. The molecule has 11 nitrogen and oxygen atoms in total. The fourth-order valence-electron chi connectivity index (χ4n) is 3.68. The topological polar surface area (TPSA) is 169 Å². The van der Waals surface area contributed by atoms with Gasteiger partial charge in [0.15, 0.2) is 0 Å². The summed E-state index contributed by atoms with van der Waals surface area (Å²) >= 11 is 1.11. The third-order valence-corrected chi connectivity index (χ3v) is 6.61. The Kier molecular flexibility index (Phi) is 8.99. The van der Waals surface area contributed by atoms with Crippen molar-refractivity contribution in [3.05, 3.63) is 83.0 Å². The van der Waals surface area contributed by atoms with Crippen LogP contribution in [0.3, 0.4) is 0 Å². The SMILES string of the molecule is [C-]#[N+]c1c(N)nc(SCc2nc(-c3ccccc3)oc2C(=O)OC)c(C#N)c1-c1ccc(OC[C@@H](O)CO)cc1. The van der Waals surface area contributed by atoms with Crippen LogP contribution in [0.4, 0.5) is 11.5 Å². The number of oxazole rings is 1. The number of aliphatic hydroxyl groups excluding tert-OH is 2. The van der Waals surface area contributed by atoms with Crippen LogP contribution in [0.15, 0.2) is 64.0 Å². The van der Waals surface area contributed by atoms with Crippen molar-refractivity contribution in [2.75, 3.05) is 26.1 Å². The van der Waals surface area contributed by atoms with Crippen molar-refractivity contribution in [3.63, 3.8) is 0 Å². The van der Waals surface area contributed by atoms with Gasteiger partial charge in [0.05, 0.1) is 25.9 Å². The highest BCUT2D eigenvalue weighted by atomic mass is 32.2. The van der Waals surface area contributed by atoms with Gasteiger partial charge in [0, 0.05) is 16.9 Å². The average Bonchev–Trinajstić information content (AvgIpc) is 3.43. The predicted octanol–water partition coefficient (Wildman–Crippen LogP) is 4.22. The van der Waals surface area contributed by atoms with Crippen LogP contribution >= 0.6 is 11.8 Å². The number of benzene rings is 2. The zero-order valence-corrected chi connectivity index (χ0v) is 22.0. The van der Waals surface area contributed by atoms with Crippen LogP contribution in [0.5, 0.6) is 5.75 Å². The maximum atomic E-state index is 12.4. The molecule has 2 aromatic carbocycles. The number of nitrogens with two attached hydrogens (primary N) is 1. The minimum Gasteiger partial charge on any atom is -0.491 e. The third-order valence-electron chi connectivity index (χ3n) is 5.62. The maximum absolute atomic E-state index is 12.4. The van der Waals surface area contributed by atoms with Gasteiger partial charge in [-0.25, -0.2) is 19.6 Å². The second-order valence-electron chi connectivity index (χ2n) is 8.24. The van der Waals surface area contributed by atoms with Gasteiger partial charge in [-0.05, 0) is 29.8 Å². The zero-order chi connectivity index (χ0) is 28.6. The van der Waals surface area contributed by atoms with Crippen molar-refractivity contribution in [1.29, 1.82) is 5.26 Å². The molecular weight excluding hydrogens is 534 g/mol. The number of carbonyl (C=O) groups is 1. The van der Waals surface area contributed by atoms with Gasteiger partial charge in [-0.2, -0.15) is 5.26 Å². The number of methoxy groups -OCH3 is 1. The van der Waals surface area contributed by atoms with Gasteiger partial charge in [-0.1, -0.05) is 42.1 Å². The summed E-state index contributed by atoms with van der Waals surface area (Å²) in [6.07, 6.45) is -1.02. The summed E-state index contributed by atoms with van der Waals surface area (Å²) in [4.78, 5) is 24.7. The van der Waals surface area contributed by atoms with E-state index in [9.17, 15) is 15.2 Å². The highest BCUT2D eigenvalue weighted by Gasteiger charge is 2.25. The van der Waals surface area contributed by atoms with Gasteiger partial charge in [0.25, 0.3) is 0 Å². The van der Waals surface area contributed by atoms with Gasteiger partial charge in [0.2, 0.25) is 17.3 Å². The van der Waals surface area contributed by atoms with E-state index in [-0.39, 0.29) is 46.1 Å². The summed E-state index contributed by atoms with van der Waals surface area (Å²) in [5.41, 5.74) is 8.07. The lowest BCUT2D eigenvalue weighted by Gasteiger charge is -2.14. The van der Waals surface area contributed by atoms with E-state index < -0.39 is 18.7 Å². The van der Waals surface area contributed by atoms with Gasteiger partial charge in [0.1, 0.15) is 41.1 Å². The molecule has 0 aliphatic rings. The van der Waals surface area contributed by atoms with Gasteiger partial charge < -0.3 is 29.8 Å². The monoisotopic (exact) mass is 557 g/mol. The summed E-state index contributed by atoms with van der Waals surface area (Å²) in [6, 6.07) is 17.7. The molecule has 0 aliphatic carbocycles. The van der Waals surface area contributed by atoms with Crippen molar-refractivity contribution in [2.45, 2.75) is 16.9 Å². The number of nitrogens with zero attached hydrogens (tertiary/aromatic N) is 4. The van der Waals surface area contributed by atoms with Crippen molar-refractivity contribution in [2.24, 2.45) is 0 Å². The van der Waals surface area contributed by atoms with Crippen molar-refractivity contribution < 1.29 is 28.9 Å². The van der Waals surface area contributed by atoms with Gasteiger partial charge >= 0.3 is 5.97 Å². The number of pyridine rings is 1. The molecule has 0 aliphatic heterocycles. The lowest BCUT2D eigenvalue weighted by atomic mass is 10.00. The number of aromatic nitrogens is 2. The van der Waals surface area contributed by atoms with E-state index in [0.717, 1.165) is 11.8 Å². The van der Waals surface area contributed by atoms with E-state index in [4.69, 9.17) is 31.3 Å². The number of ether oxygens (including phenoxy) is 2. The van der Waals surface area contributed by atoms with Crippen molar-refractivity contribution >= 4 is 29.2 Å². The number of hydrogen-bond donors (Lipinski definition) is 3. The molecule has 0 saturated heterocycles. The molecule has 1 atom stereocenters. The molecule has 0 amide bonds. The Morgan fingerprint density at radius 2 is 1.93 bits per heavy atom.